The van der Waals surface area contributed by atoms with Crippen molar-refractivity contribution in [2.75, 3.05) is 24.5 Å². The number of nitrogens with one attached hydrogen (secondary N) is 2. The van der Waals surface area contributed by atoms with E-state index in [1.165, 1.54) is 4.90 Å². The van der Waals surface area contributed by atoms with Gasteiger partial charge in [0.05, 0.1) is 17.9 Å². The van der Waals surface area contributed by atoms with Crippen LogP contribution in [-0.2, 0) is 11.2 Å². The van der Waals surface area contributed by atoms with Gasteiger partial charge in [-0.15, -0.1) is 0 Å². The van der Waals surface area contributed by atoms with Crippen LogP contribution in [0.15, 0.2) is 18.5 Å². The molecule has 0 radical (unpaired) electrons. The number of alkyl halides is 1. The van der Waals surface area contributed by atoms with Gasteiger partial charge in [-0.3, -0.25) is 15.0 Å². The lowest BCUT2D eigenvalue weighted by atomic mass is 10.0. The van der Waals surface area contributed by atoms with E-state index >= 15 is 0 Å². The van der Waals surface area contributed by atoms with E-state index in [0.717, 1.165) is 29.6 Å². The maximum atomic E-state index is 14.4. The summed E-state index contributed by atoms with van der Waals surface area (Å²) in [5.74, 6) is -0.263. The number of urea groups is 1. The molecule has 4 heterocycles. The number of pyridine rings is 1. The Balaban J connectivity index is 1.74. The highest BCUT2D eigenvalue weighted by Crippen LogP contribution is 2.31. The van der Waals surface area contributed by atoms with Crippen LogP contribution in [0.5, 0.6) is 0 Å². The molecule has 138 valence electrons. The Bertz CT molecular complexity index is 865. The first-order chi connectivity index (χ1) is 12.6. The zero-order valence-electron chi connectivity index (χ0n) is 14.7. The van der Waals surface area contributed by atoms with Crippen molar-refractivity contribution in [3.8, 4) is 0 Å². The number of aromatic nitrogens is 2. The fourth-order valence-electron chi connectivity index (χ4n) is 3.80. The predicted octanol–water partition coefficient (Wildman–Crippen LogP) is 1.92. The van der Waals surface area contributed by atoms with Crippen LogP contribution < -0.4 is 15.5 Å². The van der Waals surface area contributed by atoms with Crippen LogP contribution in [0, 0.1) is 0 Å². The first-order valence-corrected chi connectivity index (χ1v) is 9.04. The Morgan fingerprint density at radius 3 is 2.96 bits per heavy atom. The summed E-state index contributed by atoms with van der Waals surface area (Å²) >= 11 is 0. The number of piperidine rings is 1. The third kappa shape index (κ3) is 2.84. The van der Waals surface area contributed by atoms with E-state index < -0.39 is 12.2 Å². The van der Waals surface area contributed by atoms with Crippen LogP contribution in [0.1, 0.15) is 31.4 Å². The molecule has 0 bridgehead atoms. The average Bonchev–Trinajstić information content (AvgIpc) is 3.00. The number of hydrogen-bond acceptors (Lipinski definition) is 4. The summed E-state index contributed by atoms with van der Waals surface area (Å²) < 4.78 is 16.4. The van der Waals surface area contributed by atoms with Gasteiger partial charge in [-0.2, -0.15) is 0 Å². The number of nitrogens with zero attached hydrogens (tertiary/aromatic N) is 3. The largest absolute Gasteiger partial charge is 0.328 e. The molecule has 0 aromatic carbocycles. The van der Waals surface area contributed by atoms with Crippen molar-refractivity contribution in [1.82, 2.24) is 20.2 Å². The normalized spacial score (nSPS) is 24.2. The molecule has 1 unspecified atom stereocenters. The lowest BCUT2D eigenvalue weighted by Gasteiger charge is -2.28. The van der Waals surface area contributed by atoms with Gasteiger partial charge in [0.1, 0.15) is 11.8 Å². The highest BCUT2D eigenvalue weighted by molar-refractivity contribution is 6.06. The van der Waals surface area contributed by atoms with E-state index in [-0.39, 0.29) is 18.4 Å². The van der Waals surface area contributed by atoms with Crippen molar-refractivity contribution >= 4 is 28.7 Å². The molecular formula is C18H22FN5O2. The molecule has 3 amide bonds. The lowest BCUT2D eigenvalue weighted by Crippen LogP contribution is -2.49. The van der Waals surface area contributed by atoms with Crippen molar-refractivity contribution in [3.05, 3.63) is 24.0 Å². The summed E-state index contributed by atoms with van der Waals surface area (Å²) in [6, 6.07) is 1.26. The number of amides is 3. The number of hydrogen-bond donors (Lipinski definition) is 2. The molecule has 2 aromatic rings. The molecule has 0 aliphatic carbocycles. The van der Waals surface area contributed by atoms with Crippen LogP contribution in [0.3, 0.4) is 0 Å². The van der Waals surface area contributed by atoms with E-state index in [1.807, 2.05) is 23.8 Å². The van der Waals surface area contributed by atoms with Crippen LogP contribution in [-0.4, -0.2) is 47.3 Å². The van der Waals surface area contributed by atoms with Crippen molar-refractivity contribution < 1.29 is 14.0 Å². The number of fused-ring (bicyclic) bond motifs is 1. The van der Waals surface area contributed by atoms with Crippen molar-refractivity contribution in [3.63, 3.8) is 0 Å². The molecule has 2 N–H and O–H groups in total. The van der Waals surface area contributed by atoms with Gasteiger partial charge >= 0.3 is 6.03 Å². The fraction of sp³-hybridized carbons (Fsp3) is 0.500. The minimum Gasteiger partial charge on any atom is -0.326 e. The molecule has 4 rings (SSSR count). The minimum atomic E-state index is -0.954. The van der Waals surface area contributed by atoms with Crippen LogP contribution >= 0.6 is 0 Å². The van der Waals surface area contributed by atoms with Gasteiger partial charge in [0, 0.05) is 31.1 Å². The zero-order valence-corrected chi connectivity index (χ0v) is 14.7. The Morgan fingerprint density at radius 1 is 1.38 bits per heavy atom. The topological polar surface area (TPSA) is 79.3 Å². The number of halogens is 1. The van der Waals surface area contributed by atoms with Crippen LogP contribution in [0.2, 0.25) is 0 Å². The predicted molar refractivity (Wildman–Crippen MR) is 96.0 cm³/mol. The number of aryl methyl sites for hydroxylation is 1. The second-order valence-corrected chi connectivity index (χ2v) is 6.81. The number of carbonyl (C=O) groups excluding carboxylic acids is 2. The Hall–Kier alpha value is -2.48. The molecule has 2 aliphatic heterocycles. The maximum Gasteiger partial charge on any atom is 0.328 e. The zero-order chi connectivity index (χ0) is 18.3. The van der Waals surface area contributed by atoms with E-state index in [9.17, 15) is 14.0 Å². The summed E-state index contributed by atoms with van der Waals surface area (Å²) in [6.45, 7) is 3.52. The second kappa shape index (κ2) is 6.68. The van der Waals surface area contributed by atoms with Gasteiger partial charge in [0.15, 0.2) is 0 Å². The fourth-order valence-corrected chi connectivity index (χ4v) is 3.80. The summed E-state index contributed by atoms with van der Waals surface area (Å²) in [5, 5.41) is 6.33. The van der Waals surface area contributed by atoms with Gasteiger partial charge < -0.3 is 9.88 Å². The van der Waals surface area contributed by atoms with Crippen molar-refractivity contribution in [2.24, 2.45) is 0 Å². The smallest absolute Gasteiger partial charge is 0.326 e. The molecular weight excluding hydrogens is 337 g/mol. The van der Waals surface area contributed by atoms with Crippen molar-refractivity contribution in [1.29, 1.82) is 0 Å². The maximum absolute atomic E-state index is 14.4. The Labute approximate surface area is 150 Å². The lowest BCUT2D eigenvalue weighted by molar-refractivity contribution is -0.120. The molecule has 2 aromatic heterocycles. The van der Waals surface area contributed by atoms with E-state index in [1.54, 1.807) is 6.20 Å². The van der Waals surface area contributed by atoms with E-state index in [4.69, 9.17) is 0 Å². The first kappa shape index (κ1) is 17.0. The molecule has 8 heteroatoms. The van der Waals surface area contributed by atoms with Gasteiger partial charge in [-0.05, 0) is 31.0 Å². The average molecular weight is 359 g/mol. The Morgan fingerprint density at radius 2 is 2.23 bits per heavy atom. The summed E-state index contributed by atoms with van der Waals surface area (Å²) in [4.78, 5) is 29.5. The first-order valence-electron chi connectivity index (χ1n) is 9.04. The van der Waals surface area contributed by atoms with E-state index in [2.05, 4.69) is 15.6 Å². The number of imide groups is 1. The highest BCUT2D eigenvalue weighted by atomic mass is 19.1. The third-order valence-corrected chi connectivity index (χ3v) is 5.22. The van der Waals surface area contributed by atoms with Crippen LogP contribution in [0.4, 0.5) is 14.9 Å². The highest BCUT2D eigenvalue weighted by Gasteiger charge is 2.29. The molecule has 0 spiro atoms. The monoisotopic (exact) mass is 359 g/mol. The third-order valence-electron chi connectivity index (χ3n) is 5.22. The van der Waals surface area contributed by atoms with Gasteiger partial charge in [-0.25, -0.2) is 14.2 Å². The molecule has 7 nitrogen and oxygen atoms in total. The molecule has 2 fully saturated rings. The quantitative estimate of drug-likeness (QED) is 0.878. The molecule has 2 atom stereocenters. The van der Waals surface area contributed by atoms with E-state index in [0.29, 0.717) is 25.2 Å². The van der Waals surface area contributed by atoms with Gasteiger partial charge in [-0.1, -0.05) is 6.92 Å². The SMILES string of the molecule is CCc1cn(C2CCNC[C@@H]2F)c2ncc(N3CCC(=O)NC3=O)cc12. The molecule has 2 saturated heterocycles. The van der Waals surface area contributed by atoms with Gasteiger partial charge in [0.25, 0.3) is 0 Å². The number of rotatable bonds is 3. The van der Waals surface area contributed by atoms with Gasteiger partial charge in [0.2, 0.25) is 5.91 Å². The summed E-state index contributed by atoms with van der Waals surface area (Å²) in [7, 11) is 0. The molecule has 0 saturated carbocycles. The summed E-state index contributed by atoms with van der Waals surface area (Å²) in [5.41, 5.74) is 2.47. The summed E-state index contributed by atoms with van der Waals surface area (Å²) in [6.07, 6.45) is 4.44. The Kier molecular flexibility index (Phi) is 4.36. The molecule has 2 aliphatic rings. The number of anilines is 1. The standard InChI is InChI=1S/C18H22FN5O2/c1-2-11-10-24(15-3-5-20-9-14(15)19)17-13(11)7-12(8-21-17)23-6-4-16(25)22-18(23)26/h7-8,10,14-15,20H,2-6,9H2,1H3,(H,22,25,26)/t14-,15?/m0/s1. The minimum absolute atomic E-state index is 0.228. The molecule has 26 heavy (non-hydrogen) atoms. The number of carbonyl (C=O) groups is 2. The van der Waals surface area contributed by atoms with Crippen molar-refractivity contribution in [2.45, 2.75) is 38.4 Å². The second-order valence-electron chi connectivity index (χ2n) is 6.81. The van der Waals surface area contributed by atoms with Crippen LogP contribution in [0.25, 0.3) is 11.0 Å².